The molecular formula is C23H28N3O2+. The van der Waals surface area contributed by atoms with Gasteiger partial charge in [-0.25, -0.2) is 0 Å². The van der Waals surface area contributed by atoms with Gasteiger partial charge in [0.2, 0.25) is 11.8 Å². The number of quaternary nitrogens is 1. The van der Waals surface area contributed by atoms with Crippen molar-refractivity contribution in [2.45, 2.75) is 19.9 Å². The summed E-state index contributed by atoms with van der Waals surface area (Å²) in [6.07, 6.45) is 0.324. The van der Waals surface area contributed by atoms with Crippen molar-refractivity contribution in [1.82, 2.24) is 4.90 Å². The zero-order valence-corrected chi connectivity index (χ0v) is 16.4. The molecule has 2 amide bonds. The molecule has 0 aliphatic carbocycles. The third kappa shape index (κ3) is 3.94. The first-order valence-electron chi connectivity index (χ1n) is 10.1. The van der Waals surface area contributed by atoms with Crippen molar-refractivity contribution in [3.8, 4) is 0 Å². The number of hydrogen-bond acceptors (Lipinski definition) is 2. The van der Waals surface area contributed by atoms with E-state index in [1.165, 1.54) is 10.5 Å². The topological polar surface area (TPSA) is 45.1 Å². The van der Waals surface area contributed by atoms with E-state index in [9.17, 15) is 9.59 Å². The summed E-state index contributed by atoms with van der Waals surface area (Å²) in [6, 6.07) is 18.4. The van der Waals surface area contributed by atoms with E-state index in [0.717, 1.165) is 44.0 Å². The lowest BCUT2D eigenvalue weighted by molar-refractivity contribution is -0.917. The van der Waals surface area contributed by atoms with Crippen molar-refractivity contribution in [3.63, 3.8) is 0 Å². The Labute approximate surface area is 166 Å². The summed E-state index contributed by atoms with van der Waals surface area (Å²) in [7, 11) is 0. The minimum atomic E-state index is -0.220. The summed E-state index contributed by atoms with van der Waals surface area (Å²) in [6.45, 7) is 6.98. The normalized spacial score (nSPS) is 20.6. The monoisotopic (exact) mass is 378 g/mol. The Hall–Kier alpha value is -2.66. The van der Waals surface area contributed by atoms with E-state index < -0.39 is 0 Å². The van der Waals surface area contributed by atoms with Gasteiger partial charge in [-0.1, -0.05) is 48.5 Å². The van der Waals surface area contributed by atoms with Crippen molar-refractivity contribution in [1.29, 1.82) is 0 Å². The number of benzene rings is 2. The van der Waals surface area contributed by atoms with E-state index >= 15 is 0 Å². The Bertz CT molecular complexity index is 844. The molecule has 0 saturated carbocycles. The molecule has 2 aromatic rings. The van der Waals surface area contributed by atoms with E-state index in [-0.39, 0.29) is 17.7 Å². The van der Waals surface area contributed by atoms with E-state index in [1.807, 2.05) is 42.2 Å². The molecule has 0 spiro atoms. The van der Waals surface area contributed by atoms with Crippen LogP contribution in [-0.2, 0) is 16.1 Å². The first kappa shape index (κ1) is 18.7. The molecule has 0 unspecified atom stereocenters. The molecule has 1 atom stereocenters. The summed E-state index contributed by atoms with van der Waals surface area (Å²) >= 11 is 0. The van der Waals surface area contributed by atoms with Crippen molar-refractivity contribution < 1.29 is 14.5 Å². The molecule has 5 nitrogen and oxygen atoms in total. The van der Waals surface area contributed by atoms with E-state index in [0.29, 0.717) is 13.0 Å². The summed E-state index contributed by atoms with van der Waals surface area (Å²) in [4.78, 5) is 30.8. The fourth-order valence-electron chi connectivity index (χ4n) is 4.33. The molecule has 5 heteroatoms. The van der Waals surface area contributed by atoms with Gasteiger partial charge in [0.05, 0.1) is 32.1 Å². The van der Waals surface area contributed by atoms with Crippen LogP contribution < -0.4 is 9.80 Å². The van der Waals surface area contributed by atoms with Crippen molar-refractivity contribution in [2.24, 2.45) is 5.92 Å². The number of carbonyl (C=O) groups excluding carboxylic acids is 2. The van der Waals surface area contributed by atoms with Crippen molar-refractivity contribution in [2.75, 3.05) is 37.6 Å². The summed E-state index contributed by atoms with van der Waals surface area (Å²) < 4.78 is 0. The minimum Gasteiger partial charge on any atom is -0.331 e. The van der Waals surface area contributed by atoms with Gasteiger partial charge in [0.15, 0.2) is 0 Å². The standard InChI is InChI=1S/C23H27N3O2/c1-18-7-5-6-10-21(18)26-17-20(15-22(26)27)23(28)25-13-11-24(12-14-25)16-19-8-3-2-4-9-19/h2-10,20H,11-17H2,1H3/p+1/t20-/m1/s1. The number of hydrogen-bond donors (Lipinski definition) is 1. The molecule has 28 heavy (non-hydrogen) atoms. The fraction of sp³-hybridized carbons (Fsp3) is 0.391. The second kappa shape index (κ2) is 8.15. The van der Waals surface area contributed by atoms with Gasteiger partial charge < -0.3 is 14.7 Å². The second-order valence-corrected chi connectivity index (χ2v) is 7.93. The Morgan fingerprint density at radius 1 is 1.04 bits per heavy atom. The quantitative estimate of drug-likeness (QED) is 0.871. The van der Waals surface area contributed by atoms with Gasteiger partial charge >= 0.3 is 0 Å². The summed E-state index contributed by atoms with van der Waals surface area (Å²) in [5.74, 6) is -0.0213. The number of para-hydroxylation sites is 1. The molecule has 146 valence electrons. The first-order valence-corrected chi connectivity index (χ1v) is 10.1. The maximum atomic E-state index is 13.0. The third-order valence-electron chi connectivity index (χ3n) is 5.96. The average Bonchev–Trinajstić information content (AvgIpc) is 3.11. The number of rotatable bonds is 4. The molecule has 2 aliphatic heterocycles. The fourth-order valence-corrected chi connectivity index (χ4v) is 4.33. The Morgan fingerprint density at radius 3 is 2.43 bits per heavy atom. The lowest BCUT2D eigenvalue weighted by atomic mass is 10.1. The van der Waals surface area contributed by atoms with Crippen LogP contribution in [0, 0.1) is 12.8 Å². The molecule has 0 aromatic heterocycles. The molecule has 0 bridgehead atoms. The van der Waals surface area contributed by atoms with Crippen LogP contribution in [0.3, 0.4) is 0 Å². The van der Waals surface area contributed by atoms with Crippen molar-refractivity contribution >= 4 is 17.5 Å². The molecule has 0 radical (unpaired) electrons. The van der Waals surface area contributed by atoms with Crippen LogP contribution in [0.2, 0.25) is 0 Å². The average molecular weight is 378 g/mol. The molecule has 2 aromatic carbocycles. The van der Waals surface area contributed by atoms with Crippen LogP contribution in [0.15, 0.2) is 54.6 Å². The molecule has 2 saturated heterocycles. The first-order chi connectivity index (χ1) is 13.6. The van der Waals surface area contributed by atoms with Gasteiger partial charge in [0.25, 0.3) is 0 Å². The molecular weight excluding hydrogens is 350 g/mol. The molecule has 4 rings (SSSR count). The third-order valence-corrected chi connectivity index (χ3v) is 5.96. The highest BCUT2D eigenvalue weighted by Crippen LogP contribution is 2.28. The highest BCUT2D eigenvalue weighted by molar-refractivity contribution is 6.00. The second-order valence-electron chi connectivity index (χ2n) is 7.93. The van der Waals surface area contributed by atoms with Gasteiger partial charge in [-0.3, -0.25) is 9.59 Å². The molecule has 2 heterocycles. The number of aryl methyl sites for hydroxylation is 1. The highest BCUT2D eigenvalue weighted by atomic mass is 16.2. The number of piperazine rings is 1. The minimum absolute atomic E-state index is 0.0565. The van der Waals surface area contributed by atoms with Gasteiger partial charge in [-0.2, -0.15) is 0 Å². The van der Waals surface area contributed by atoms with Gasteiger partial charge in [-0.15, -0.1) is 0 Å². The summed E-state index contributed by atoms with van der Waals surface area (Å²) in [5.41, 5.74) is 3.34. The van der Waals surface area contributed by atoms with Crippen LogP contribution in [0.5, 0.6) is 0 Å². The van der Waals surface area contributed by atoms with Crippen molar-refractivity contribution in [3.05, 3.63) is 65.7 Å². The van der Waals surface area contributed by atoms with Gasteiger partial charge in [0, 0.05) is 24.2 Å². The number of anilines is 1. The predicted octanol–water partition coefficient (Wildman–Crippen LogP) is 1.28. The number of nitrogens with zero attached hydrogens (tertiary/aromatic N) is 2. The Kier molecular flexibility index (Phi) is 5.44. The zero-order chi connectivity index (χ0) is 19.5. The maximum absolute atomic E-state index is 13.0. The number of amides is 2. The Balaban J connectivity index is 1.33. The highest BCUT2D eigenvalue weighted by Gasteiger charge is 2.38. The van der Waals surface area contributed by atoms with E-state index in [4.69, 9.17) is 0 Å². The largest absolute Gasteiger partial charge is 0.331 e. The number of nitrogens with one attached hydrogen (secondary N) is 1. The lowest BCUT2D eigenvalue weighted by Gasteiger charge is -2.33. The van der Waals surface area contributed by atoms with Gasteiger partial charge in [0.1, 0.15) is 6.54 Å². The van der Waals surface area contributed by atoms with E-state index in [2.05, 4.69) is 24.3 Å². The van der Waals surface area contributed by atoms with E-state index in [1.54, 1.807) is 4.90 Å². The van der Waals surface area contributed by atoms with Crippen LogP contribution in [0.1, 0.15) is 17.5 Å². The van der Waals surface area contributed by atoms with Crippen LogP contribution >= 0.6 is 0 Å². The Morgan fingerprint density at radius 2 is 1.71 bits per heavy atom. The maximum Gasteiger partial charge on any atom is 0.228 e. The SMILES string of the molecule is Cc1ccccc1N1C[C@H](C(=O)N2CC[NH+](Cc3ccccc3)CC2)CC1=O. The van der Waals surface area contributed by atoms with Crippen LogP contribution in [0.25, 0.3) is 0 Å². The predicted molar refractivity (Wildman–Crippen MR) is 109 cm³/mol. The smallest absolute Gasteiger partial charge is 0.228 e. The van der Waals surface area contributed by atoms with Crippen LogP contribution in [0.4, 0.5) is 5.69 Å². The molecule has 2 fully saturated rings. The summed E-state index contributed by atoms with van der Waals surface area (Å²) in [5, 5.41) is 0. The zero-order valence-electron chi connectivity index (χ0n) is 16.4. The molecule has 2 aliphatic rings. The lowest BCUT2D eigenvalue weighted by Crippen LogP contribution is -3.13. The molecule has 1 N–H and O–H groups in total. The number of carbonyl (C=O) groups is 2. The van der Waals surface area contributed by atoms with Crippen LogP contribution in [-0.4, -0.2) is 49.4 Å². The van der Waals surface area contributed by atoms with Gasteiger partial charge in [-0.05, 0) is 18.6 Å².